The normalized spacial score (nSPS) is 11.2. The van der Waals surface area contributed by atoms with E-state index >= 15 is 0 Å². The highest BCUT2D eigenvalue weighted by molar-refractivity contribution is 14.1. The summed E-state index contributed by atoms with van der Waals surface area (Å²) >= 11 is 2.10. The van der Waals surface area contributed by atoms with Crippen molar-refractivity contribution in [3.8, 4) is 5.75 Å². The van der Waals surface area contributed by atoms with Crippen molar-refractivity contribution >= 4 is 44.0 Å². The fourth-order valence-corrected chi connectivity index (χ4v) is 3.16. The molecule has 0 amide bonds. The van der Waals surface area contributed by atoms with Gasteiger partial charge in [0.2, 0.25) is 0 Å². The van der Waals surface area contributed by atoms with E-state index in [-0.39, 0.29) is 16.3 Å². The second-order valence-electron chi connectivity index (χ2n) is 4.14. The van der Waals surface area contributed by atoms with Crippen molar-refractivity contribution in [2.24, 2.45) is 0 Å². The van der Waals surface area contributed by atoms with Crippen LogP contribution in [0.15, 0.2) is 41.3 Å². The largest absolute Gasteiger partial charge is 0.492 e. The topological polar surface area (TPSA) is 81.4 Å². The number of methoxy groups -OCH3 is 1. The first-order chi connectivity index (χ1) is 9.83. The van der Waals surface area contributed by atoms with E-state index in [9.17, 15) is 12.8 Å². The zero-order chi connectivity index (χ0) is 15.6. The van der Waals surface area contributed by atoms with E-state index in [4.69, 9.17) is 10.5 Å². The summed E-state index contributed by atoms with van der Waals surface area (Å²) in [4.78, 5) is -0.267. The summed E-state index contributed by atoms with van der Waals surface area (Å²) in [6, 6.07) is 8.75. The van der Waals surface area contributed by atoms with Gasteiger partial charge in [-0.25, -0.2) is 12.8 Å². The molecule has 0 atom stereocenters. The Labute approximate surface area is 135 Å². The summed E-state index contributed by atoms with van der Waals surface area (Å²) in [6.45, 7) is 0. The Morgan fingerprint density at radius 2 is 1.86 bits per heavy atom. The van der Waals surface area contributed by atoms with E-state index in [0.29, 0.717) is 5.69 Å². The minimum absolute atomic E-state index is 0.0829. The molecule has 0 radical (unpaired) electrons. The highest BCUT2D eigenvalue weighted by Gasteiger charge is 2.19. The zero-order valence-corrected chi connectivity index (χ0v) is 13.9. The van der Waals surface area contributed by atoms with E-state index < -0.39 is 15.8 Å². The molecule has 3 N–H and O–H groups in total. The molecule has 0 bridgehead atoms. The van der Waals surface area contributed by atoms with Crippen LogP contribution in [0.4, 0.5) is 15.8 Å². The molecule has 0 saturated carbocycles. The van der Waals surface area contributed by atoms with Crippen LogP contribution < -0.4 is 15.2 Å². The molecule has 0 saturated heterocycles. The smallest absolute Gasteiger partial charge is 0.262 e. The van der Waals surface area contributed by atoms with Crippen LogP contribution >= 0.6 is 22.6 Å². The molecule has 0 aliphatic rings. The van der Waals surface area contributed by atoms with E-state index in [2.05, 4.69) is 27.3 Å². The number of nitrogens with one attached hydrogen (secondary N) is 1. The Morgan fingerprint density at radius 1 is 1.24 bits per heavy atom. The Kier molecular flexibility index (Phi) is 4.57. The molecule has 0 fully saturated rings. The first-order valence-electron chi connectivity index (χ1n) is 5.75. The summed E-state index contributed by atoms with van der Waals surface area (Å²) in [7, 11) is -2.67. The van der Waals surface area contributed by atoms with Gasteiger partial charge in [-0.2, -0.15) is 0 Å². The van der Waals surface area contributed by atoms with Gasteiger partial charge in [-0.3, -0.25) is 4.72 Å². The van der Waals surface area contributed by atoms with Crippen molar-refractivity contribution in [1.29, 1.82) is 0 Å². The van der Waals surface area contributed by atoms with Crippen molar-refractivity contribution < 1.29 is 17.5 Å². The van der Waals surface area contributed by atoms with E-state index in [1.165, 1.54) is 7.11 Å². The number of ether oxygens (including phenoxy) is 1. The van der Waals surface area contributed by atoms with Gasteiger partial charge in [0.25, 0.3) is 10.0 Å². The van der Waals surface area contributed by atoms with Crippen molar-refractivity contribution in [3.63, 3.8) is 0 Å². The van der Waals surface area contributed by atoms with Crippen LogP contribution in [-0.4, -0.2) is 15.5 Å². The number of nitrogen functional groups attached to an aromatic ring is 1. The van der Waals surface area contributed by atoms with Gasteiger partial charge in [0.15, 0.2) is 11.6 Å². The molecule has 8 heteroatoms. The van der Waals surface area contributed by atoms with E-state index in [0.717, 1.165) is 15.7 Å². The number of rotatable bonds is 4. The van der Waals surface area contributed by atoms with Gasteiger partial charge < -0.3 is 10.5 Å². The second-order valence-corrected chi connectivity index (χ2v) is 7.07. The van der Waals surface area contributed by atoms with Crippen molar-refractivity contribution in [1.82, 2.24) is 0 Å². The number of anilines is 2. The Bertz CT molecular complexity index is 740. The number of benzene rings is 2. The Balaban J connectivity index is 2.38. The van der Waals surface area contributed by atoms with Crippen LogP contribution in [0.2, 0.25) is 0 Å². The molecule has 5 nitrogen and oxygen atoms in total. The third-order valence-corrected chi connectivity index (χ3v) is 4.74. The molecule has 2 aromatic rings. The van der Waals surface area contributed by atoms with Crippen LogP contribution in [-0.2, 0) is 10.0 Å². The van der Waals surface area contributed by atoms with Gasteiger partial charge in [0.05, 0.1) is 17.7 Å². The number of hydrogen-bond donors (Lipinski definition) is 2. The zero-order valence-electron chi connectivity index (χ0n) is 10.9. The SMILES string of the molecule is COc1c(N)cc(S(=O)(=O)Nc2ccc(I)cc2)cc1F. The first kappa shape index (κ1) is 15.8. The van der Waals surface area contributed by atoms with Crippen molar-refractivity contribution in [2.45, 2.75) is 4.90 Å². The Morgan fingerprint density at radius 3 is 2.38 bits per heavy atom. The van der Waals surface area contributed by atoms with Crippen molar-refractivity contribution in [2.75, 3.05) is 17.6 Å². The average molecular weight is 422 g/mol. The van der Waals surface area contributed by atoms with Crippen molar-refractivity contribution in [3.05, 3.63) is 45.8 Å². The predicted octanol–water partition coefficient (Wildman–Crippen LogP) is 2.82. The van der Waals surface area contributed by atoms with Crippen LogP contribution in [0.5, 0.6) is 5.75 Å². The molecule has 0 aromatic heterocycles. The molecule has 112 valence electrons. The third kappa shape index (κ3) is 3.56. The lowest BCUT2D eigenvalue weighted by molar-refractivity contribution is 0.388. The van der Waals surface area contributed by atoms with Crippen LogP contribution in [0.1, 0.15) is 0 Å². The summed E-state index contributed by atoms with van der Waals surface area (Å²) in [5.74, 6) is -1.01. The fourth-order valence-electron chi connectivity index (χ4n) is 1.69. The number of hydrogen-bond acceptors (Lipinski definition) is 4. The highest BCUT2D eigenvalue weighted by Crippen LogP contribution is 2.29. The molecule has 21 heavy (non-hydrogen) atoms. The lowest BCUT2D eigenvalue weighted by Crippen LogP contribution is -2.14. The lowest BCUT2D eigenvalue weighted by Gasteiger charge is -2.11. The molecular formula is C13H12FIN2O3S. The van der Waals surface area contributed by atoms with Gasteiger partial charge in [-0.05, 0) is 59.0 Å². The molecule has 0 spiro atoms. The highest BCUT2D eigenvalue weighted by atomic mass is 127. The summed E-state index contributed by atoms with van der Waals surface area (Å²) in [5.41, 5.74) is 5.88. The van der Waals surface area contributed by atoms with Crippen LogP contribution in [0.3, 0.4) is 0 Å². The summed E-state index contributed by atoms with van der Waals surface area (Å²) < 4.78 is 46.3. The fraction of sp³-hybridized carbons (Fsp3) is 0.0769. The third-order valence-electron chi connectivity index (χ3n) is 2.66. The van der Waals surface area contributed by atoms with E-state index in [1.54, 1.807) is 24.3 Å². The monoisotopic (exact) mass is 422 g/mol. The molecule has 2 rings (SSSR count). The van der Waals surface area contributed by atoms with Gasteiger partial charge >= 0.3 is 0 Å². The number of sulfonamides is 1. The molecule has 0 aliphatic carbocycles. The maximum absolute atomic E-state index is 13.7. The summed E-state index contributed by atoms with van der Waals surface area (Å²) in [5, 5.41) is 0. The maximum atomic E-state index is 13.7. The van der Waals surface area contributed by atoms with Gasteiger partial charge in [0, 0.05) is 9.26 Å². The maximum Gasteiger partial charge on any atom is 0.262 e. The van der Waals surface area contributed by atoms with Gasteiger partial charge in [-0.1, -0.05) is 0 Å². The second kappa shape index (κ2) is 6.06. The summed E-state index contributed by atoms with van der Waals surface area (Å²) in [6.07, 6.45) is 0. The molecule has 0 heterocycles. The van der Waals surface area contributed by atoms with Crippen LogP contribution in [0.25, 0.3) is 0 Å². The Hall–Kier alpha value is -1.55. The quantitative estimate of drug-likeness (QED) is 0.587. The first-order valence-corrected chi connectivity index (χ1v) is 8.31. The predicted molar refractivity (Wildman–Crippen MR) is 87.3 cm³/mol. The minimum Gasteiger partial charge on any atom is -0.492 e. The minimum atomic E-state index is -3.92. The van der Waals surface area contributed by atoms with Gasteiger partial charge in [0.1, 0.15) is 0 Å². The molecule has 2 aromatic carbocycles. The van der Waals surface area contributed by atoms with E-state index in [1.807, 2.05) is 0 Å². The number of halogens is 2. The number of nitrogens with two attached hydrogens (primary N) is 1. The molecular weight excluding hydrogens is 410 g/mol. The lowest BCUT2D eigenvalue weighted by atomic mass is 10.3. The standard InChI is InChI=1S/C13H12FIN2O3S/c1-20-13-11(14)6-10(7-12(13)16)21(18,19)17-9-4-2-8(15)3-5-9/h2-7,17H,16H2,1H3. The molecule has 0 aliphatic heterocycles. The van der Waals surface area contributed by atoms with Gasteiger partial charge in [-0.15, -0.1) is 0 Å². The van der Waals surface area contributed by atoms with Crippen LogP contribution in [0, 0.1) is 9.39 Å². The molecule has 0 unspecified atom stereocenters. The average Bonchev–Trinajstić information content (AvgIpc) is 2.41.